The van der Waals surface area contributed by atoms with Crippen LogP contribution in [0.15, 0.2) is 34.9 Å². The van der Waals surface area contributed by atoms with Crippen molar-refractivity contribution in [3.63, 3.8) is 0 Å². The standard InChI is InChI=1S/C14H11ClN4O/c15-10-4-2-1-3-9(10)13-16-14(20-19-13)12-7-11(17-18-12)8-5-6-8/h1-4,7-8H,5-6H2,(H,17,18). The predicted molar refractivity (Wildman–Crippen MR) is 74.3 cm³/mol. The van der Waals surface area contributed by atoms with Crippen molar-refractivity contribution in [1.82, 2.24) is 20.3 Å². The molecule has 0 spiro atoms. The van der Waals surface area contributed by atoms with E-state index in [1.54, 1.807) is 6.07 Å². The van der Waals surface area contributed by atoms with Gasteiger partial charge in [0.1, 0.15) is 0 Å². The fourth-order valence-electron chi connectivity index (χ4n) is 2.13. The fraction of sp³-hybridized carbons (Fsp3) is 0.214. The molecule has 0 saturated heterocycles. The van der Waals surface area contributed by atoms with E-state index < -0.39 is 0 Å². The third-order valence-electron chi connectivity index (χ3n) is 3.37. The number of hydrogen-bond acceptors (Lipinski definition) is 4. The van der Waals surface area contributed by atoms with E-state index in [0.29, 0.717) is 28.3 Å². The molecule has 0 radical (unpaired) electrons. The summed E-state index contributed by atoms with van der Waals surface area (Å²) >= 11 is 6.12. The molecule has 4 rings (SSSR count). The number of nitrogens with zero attached hydrogens (tertiary/aromatic N) is 3. The first-order valence-electron chi connectivity index (χ1n) is 6.45. The van der Waals surface area contributed by atoms with Crippen molar-refractivity contribution >= 4 is 11.6 Å². The van der Waals surface area contributed by atoms with E-state index in [2.05, 4.69) is 20.3 Å². The number of hydrogen-bond donors (Lipinski definition) is 1. The Kier molecular flexibility index (Phi) is 2.60. The Hall–Kier alpha value is -2.14. The van der Waals surface area contributed by atoms with Gasteiger partial charge in [-0.3, -0.25) is 5.10 Å². The van der Waals surface area contributed by atoms with Gasteiger partial charge in [0.15, 0.2) is 5.69 Å². The molecule has 1 saturated carbocycles. The van der Waals surface area contributed by atoms with Crippen LogP contribution in [0.2, 0.25) is 5.02 Å². The van der Waals surface area contributed by atoms with E-state index >= 15 is 0 Å². The molecule has 0 amide bonds. The van der Waals surface area contributed by atoms with Crippen molar-refractivity contribution in [2.75, 3.05) is 0 Å². The maximum Gasteiger partial charge on any atom is 0.278 e. The Morgan fingerprint density at radius 2 is 2.10 bits per heavy atom. The topological polar surface area (TPSA) is 67.6 Å². The molecular formula is C14H11ClN4O. The van der Waals surface area contributed by atoms with Gasteiger partial charge in [0, 0.05) is 17.2 Å². The van der Waals surface area contributed by atoms with Gasteiger partial charge in [-0.1, -0.05) is 28.9 Å². The SMILES string of the molecule is Clc1ccccc1-c1noc(-c2cc(C3CC3)[nH]n2)n1. The van der Waals surface area contributed by atoms with Gasteiger partial charge in [0.2, 0.25) is 5.82 Å². The first-order chi connectivity index (χ1) is 9.81. The van der Waals surface area contributed by atoms with Gasteiger partial charge < -0.3 is 4.52 Å². The Morgan fingerprint density at radius 3 is 2.90 bits per heavy atom. The summed E-state index contributed by atoms with van der Waals surface area (Å²) in [5, 5.41) is 11.8. The second-order valence-corrected chi connectivity index (χ2v) is 5.29. The van der Waals surface area contributed by atoms with Crippen LogP contribution >= 0.6 is 11.6 Å². The van der Waals surface area contributed by atoms with Crippen LogP contribution in [0.4, 0.5) is 0 Å². The van der Waals surface area contributed by atoms with Gasteiger partial charge in [0.05, 0.1) is 5.02 Å². The van der Waals surface area contributed by atoms with E-state index in [9.17, 15) is 0 Å². The van der Waals surface area contributed by atoms with Crippen LogP contribution in [-0.2, 0) is 0 Å². The lowest BCUT2D eigenvalue weighted by atomic mass is 10.2. The van der Waals surface area contributed by atoms with Gasteiger partial charge in [-0.15, -0.1) is 0 Å². The molecule has 2 aromatic heterocycles. The maximum absolute atomic E-state index is 6.12. The number of halogens is 1. The molecule has 0 bridgehead atoms. The van der Waals surface area contributed by atoms with Gasteiger partial charge in [0.25, 0.3) is 5.89 Å². The summed E-state index contributed by atoms with van der Waals surface area (Å²) < 4.78 is 5.27. The number of nitrogens with one attached hydrogen (secondary N) is 1. The second kappa shape index (κ2) is 4.45. The van der Waals surface area contributed by atoms with Gasteiger partial charge >= 0.3 is 0 Å². The summed E-state index contributed by atoms with van der Waals surface area (Å²) in [7, 11) is 0. The number of H-pyrrole nitrogens is 1. The smallest absolute Gasteiger partial charge is 0.278 e. The van der Waals surface area contributed by atoms with Crippen molar-refractivity contribution < 1.29 is 4.52 Å². The van der Waals surface area contributed by atoms with Crippen LogP contribution in [0, 0.1) is 0 Å². The van der Waals surface area contributed by atoms with Crippen LogP contribution in [-0.4, -0.2) is 20.3 Å². The van der Waals surface area contributed by atoms with Crippen LogP contribution in [0.1, 0.15) is 24.5 Å². The maximum atomic E-state index is 6.12. The molecule has 1 N–H and O–H groups in total. The van der Waals surface area contributed by atoms with Crippen molar-refractivity contribution in [3.05, 3.63) is 41.0 Å². The molecule has 1 aromatic carbocycles. The van der Waals surface area contributed by atoms with E-state index in [1.807, 2.05) is 24.3 Å². The van der Waals surface area contributed by atoms with Crippen molar-refractivity contribution in [2.45, 2.75) is 18.8 Å². The second-order valence-electron chi connectivity index (χ2n) is 4.89. The normalized spacial score (nSPS) is 14.7. The number of benzene rings is 1. The summed E-state index contributed by atoms with van der Waals surface area (Å²) in [5.74, 6) is 1.49. The van der Waals surface area contributed by atoms with E-state index in [1.165, 1.54) is 12.8 Å². The minimum atomic E-state index is 0.406. The molecule has 1 aliphatic rings. The Balaban J connectivity index is 1.68. The molecule has 3 aromatic rings. The van der Waals surface area contributed by atoms with Crippen LogP contribution in [0.5, 0.6) is 0 Å². The van der Waals surface area contributed by atoms with Crippen LogP contribution < -0.4 is 0 Å². The molecular weight excluding hydrogens is 276 g/mol. The van der Waals surface area contributed by atoms with E-state index in [-0.39, 0.29) is 0 Å². The Bertz CT molecular complexity index is 760. The van der Waals surface area contributed by atoms with E-state index in [0.717, 1.165) is 11.3 Å². The van der Waals surface area contributed by atoms with E-state index in [4.69, 9.17) is 16.1 Å². The number of aromatic amines is 1. The minimum absolute atomic E-state index is 0.406. The van der Waals surface area contributed by atoms with Crippen LogP contribution in [0.3, 0.4) is 0 Å². The molecule has 5 nitrogen and oxygen atoms in total. The third-order valence-corrected chi connectivity index (χ3v) is 3.70. The van der Waals surface area contributed by atoms with Crippen molar-refractivity contribution in [3.8, 4) is 23.0 Å². The highest BCUT2D eigenvalue weighted by Crippen LogP contribution is 2.39. The third kappa shape index (κ3) is 2.00. The Morgan fingerprint density at radius 1 is 1.25 bits per heavy atom. The highest BCUT2D eigenvalue weighted by atomic mass is 35.5. The first-order valence-corrected chi connectivity index (χ1v) is 6.83. The zero-order valence-corrected chi connectivity index (χ0v) is 11.3. The lowest BCUT2D eigenvalue weighted by molar-refractivity contribution is 0.431. The average molecular weight is 287 g/mol. The molecule has 1 fully saturated rings. The van der Waals surface area contributed by atoms with Crippen molar-refractivity contribution in [1.29, 1.82) is 0 Å². The summed E-state index contributed by atoms with van der Waals surface area (Å²) in [4.78, 5) is 4.36. The highest BCUT2D eigenvalue weighted by Gasteiger charge is 2.26. The zero-order chi connectivity index (χ0) is 13.5. The summed E-state index contributed by atoms with van der Waals surface area (Å²) in [5.41, 5.74) is 2.57. The summed E-state index contributed by atoms with van der Waals surface area (Å²) in [6.07, 6.45) is 2.44. The largest absolute Gasteiger partial charge is 0.332 e. The van der Waals surface area contributed by atoms with Gasteiger partial charge in [-0.05, 0) is 31.0 Å². The summed E-state index contributed by atoms with van der Waals surface area (Å²) in [6, 6.07) is 9.38. The monoisotopic (exact) mass is 286 g/mol. The molecule has 0 aliphatic heterocycles. The molecule has 100 valence electrons. The minimum Gasteiger partial charge on any atom is -0.332 e. The molecule has 20 heavy (non-hydrogen) atoms. The van der Waals surface area contributed by atoms with Crippen LogP contribution in [0.25, 0.3) is 23.0 Å². The lowest BCUT2D eigenvalue weighted by Gasteiger charge is -1.95. The molecule has 0 unspecified atom stereocenters. The van der Waals surface area contributed by atoms with Crippen molar-refractivity contribution in [2.24, 2.45) is 0 Å². The van der Waals surface area contributed by atoms with Gasteiger partial charge in [-0.2, -0.15) is 10.1 Å². The van der Waals surface area contributed by atoms with Gasteiger partial charge in [-0.25, -0.2) is 0 Å². The number of aromatic nitrogens is 4. The molecule has 1 aliphatic carbocycles. The zero-order valence-electron chi connectivity index (χ0n) is 10.5. The molecule has 0 atom stereocenters. The average Bonchev–Trinajstić information content (AvgIpc) is 3.01. The lowest BCUT2D eigenvalue weighted by Crippen LogP contribution is -1.82. The molecule has 6 heteroatoms. The first kappa shape index (κ1) is 11.7. The predicted octanol–water partition coefficient (Wildman–Crippen LogP) is 3.66. The molecule has 2 heterocycles. The fourth-order valence-corrected chi connectivity index (χ4v) is 2.35. The quantitative estimate of drug-likeness (QED) is 0.798. The highest BCUT2D eigenvalue weighted by molar-refractivity contribution is 6.33. The Labute approximate surface area is 120 Å². The number of rotatable bonds is 3. The summed E-state index contributed by atoms with van der Waals surface area (Å²) in [6.45, 7) is 0.